The molecule has 1 saturated heterocycles. The number of nitrogens with zero attached hydrogens (tertiary/aromatic N) is 5. The van der Waals surface area contributed by atoms with Crippen LogP contribution < -0.4 is 10.2 Å². The van der Waals surface area contributed by atoms with Crippen LogP contribution in [-0.2, 0) is 6.42 Å². The summed E-state index contributed by atoms with van der Waals surface area (Å²) in [4.78, 5) is 25.1. The second-order valence-electron chi connectivity index (χ2n) is 7.20. The van der Waals surface area contributed by atoms with Crippen molar-refractivity contribution in [3.63, 3.8) is 0 Å². The van der Waals surface area contributed by atoms with Gasteiger partial charge in [-0.25, -0.2) is 4.79 Å². The molecular weight excluding hydrogens is 344 g/mol. The molecule has 8 nitrogen and oxygen atoms in total. The van der Waals surface area contributed by atoms with E-state index in [1.54, 1.807) is 6.20 Å². The zero-order valence-corrected chi connectivity index (χ0v) is 15.5. The van der Waals surface area contributed by atoms with Crippen LogP contribution in [0.5, 0.6) is 0 Å². The Morgan fingerprint density at radius 3 is 2.78 bits per heavy atom. The van der Waals surface area contributed by atoms with Crippen molar-refractivity contribution in [3.8, 4) is 0 Å². The van der Waals surface area contributed by atoms with Crippen molar-refractivity contribution in [2.75, 3.05) is 37.6 Å². The largest absolute Gasteiger partial charge is 0.367 e. The maximum atomic E-state index is 12.4. The molecule has 8 heteroatoms. The first-order chi connectivity index (χ1) is 13.3. The first-order valence-electron chi connectivity index (χ1n) is 9.80. The van der Waals surface area contributed by atoms with Crippen LogP contribution in [0.2, 0.25) is 0 Å². The lowest BCUT2D eigenvalue weighted by molar-refractivity contribution is 0.194. The molecule has 1 aliphatic heterocycles. The van der Waals surface area contributed by atoms with Gasteiger partial charge in [0.1, 0.15) is 0 Å². The summed E-state index contributed by atoms with van der Waals surface area (Å²) in [5.74, 6) is 1.87. The lowest BCUT2D eigenvalue weighted by Gasteiger charge is -2.35. The molecule has 1 saturated carbocycles. The maximum Gasteiger partial charge on any atom is 0.317 e. The molecule has 27 heavy (non-hydrogen) atoms. The number of hydrogen-bond acceptors (Lipinski definition) is 6. The van der Waals surface area contributed by atoms with E-state index in [-0.39, 0.29) is 6.03 Å². The van der Waals surface area contributed by atoms with E-state index in [1.165, 1.54) is 12.8 Å². The zero-order chi connectivity index (χ0) is 18.5. The number of carbonyl (C=O) groups is 1. The molecular formula is C19H26N6O2. The summed E-state index contributed by atoms with van der Waals surface area (Å²) in [6, 6.07) is 3.96. The molecule has 2 aromatic rings. The Bertz CT molecular complexity index is 736. The van der Waals surface area contributed by atoms with Crippen LogP contribution in [0.4, 0.5) is 10.5 Å². The molecule has 0 atom stereocenters. The molecule has 1 N–H and O–H groups in total. The Labute approximate surface area is 158 Å². The molecule has 2 fully saturated rings. The fourth-order valence-electron chi connectivity index (χ4n) is 3.81. The summed E-state index contributed by atoms with van der Waals surface area (Å²) in [6.07, 6.45) is 9.00. The molecule has 0 bridgehead atoms. The Balaban J connectivity index is 1.19. The second-order valence-corrected chi connectivity index (χ2v) is 7.20. The number of nitrogens with one attached hydrogen (secondary N) is 1. The predicted octanol–water partition coefficient (Wildman–Crippen LogP) is 2.20. The Morgan fingerprint density at radius 1 is 1.22 bits per heavy atom. The minimum Gasteiger partial charge on any atom is -0.367 e. The molecule has 144 valence electrons. The number of piperazine rings is 1. The first-order valence-corrected chi connectivity index (χ1v) is 9.80. The quantitative estimate of drug-likeness (QED) is 0.868. The maximum absolute atomic E-state index is 12.4. The van der Waals surface area contributed by atoms with E-state index in [0.717, 1.165) is 37.5 Å². The van der Waals surface area contributed by atoms with E-state index in [4.69, 9.17) is 4.52 Å². The van der Waals surface area contributed by atoms with Crippen LogP contribution >= 0.6 is 0 Å². The molecule has 4 rings (SSSR count). The van der Waals surface area contributed by atoms with Crippen molar-refractivity contribution >= 4 is 11.7 Å². The van der Waals surface area contributed by atoms with E-state index in [9.17, 15) is 4.79 Å². The van der Waals surface area contributed by atoms with Gasteiger partial charge in [-0.15, -0.1) is 0 Å². The number of pyridine rings is 1. The highest BCUT2D eigenvalue weighted by Crippen LogP contribution is 2.32. The molecule has 2 aliphatic rings. The Kier molecular flexibility index (Phi) is 5.50. The third-order valence-electron chi connectivity index (χ3n) is 5.39. The van der Waals surface area contributed by atoms with Crippen LogP contribution in [0.1, 0.15) is 43.3 Å². The second kappa shape index (κ2) is 8.37. The minimum absolute atomic E-state index is 0.0275. The molecule has 2 aromatic heterocycles. The summed E-state index contributed by atoms with van der Waals surface area (Å²) in [5, 5.41) is 7.02. The molecule has 2 amide bonds. The SMILES string of the molecule is O=C(NCCc1noc(C2CCCC2)n1)N1CCN(c2cccnc2)CC1. The molecule has 0 spiro atoms. The minimum atomic E-state index is -0.0275. The van der Waals surface area contributed by atoms with Gasteiger partial charge in [0, 0.05) is 51.3 Å². The van der Waals surface area contributed by atoms with Gasteiger partial charge in [0.2, 0.25) is 5.89 Å². The van der Waals surface area contributed by atoms with Crippen molar-refractivity contribution in [1.29, 1.82) is 0 Å². The van der Waals surface area contributed by atoms with E-state index in [1.807, 2.05) is 23.2 Å². The van der Waals surface area contributed by atoms with Crippen LogP contribution in [-0.4, -0.2) is 58.8 Å². The summed E-state index contributed by atoms with van der Waals surface area (Å²) < 4.78 is 5.38. The van der Waals surface area contributed by atoms with Crippen LogP contribution in [0.3, 0.4) is 0 Å². The van der Waals surface area contributed by atoms with E-state index < -0.39 is 0 Å². The van der Waals surface area contributed by atoms with Crippen LogP contribution in [0.25, 0.3) is 0 Å². The van der Waals surface area contributed by atoms with Gasteiger partial charge in [0.15, 0.2) is 5.82 Å². The number of hydrogen-bond donors (Lipinski definition) is 1. The number of amides is 2. The monoisotopic (exact) mass is 370 g/mol. The Hall–Kier alpha value is -2.64. The van der Waals surface area contributed by atoms with Gasteiger partial charge in [0.05, 0.1) is 11.9 Å². The van der Waals surface area contributed by atoms with Gasteiger partial charge in [-0.1, -0.05) is 18.0 Å². The molecule has 3 heterocycles. The van der Waals surface area contributed by atoms with Crippen molar-refractivity contribution < 1.29 is 9.32 Å². The summed E-state index contributed by atoms with van der Waals surface area (Å²) in [7, 11) is 0. The lowest BCUT2D eigenvalue weighted by Crippen LogP contribution is -2.52. The third kappa shape index (κ3) is 4.37. The van der Waals surface area contributed by atoms with Gasteiger partial charge >= 0.3 is 6.03 Å². The summed E-state index contributed by atoms with van der Waals surface area (Å²) >= 11 is 0. The fourth-order valence-corrected chi connectivity index (χ4v) is 3.81. The number of anilines is 1. The average molecular weight is 370 g/mol. The number of urea groups is 1. The zero-order valence-electron chi connectivity index (χ0n) is 15.5. The molecule has 0 radical (unpaired) electrons. The average Bonchev–Trinajstić information content (AvgIpc) is 3.40. The third-order valence-corrected chi connectivity index (χ3v) is 5.39. The Morgan fingerprint density at radius 2 is 2.04 bits per heavy atom. The van der Waals surface area contributed by atoms with E-state index in [2.05, 4.69) is 25.3 Å². The predicted molar refractivity (Wildman–Crippen MR) is 101 cm³/mol. The van der Waals surface area contributed by atoms with Crippen molar-refractivity contribution in [2.45, 2.75) is 38.0 Å². The smallest absolute Gasteiger partial charge is 0.317 e. The van der Waals surface area contributed by atoms with Gasteiger partial charge in [0.25, 0.3) is 0 Å². The van der Waals surface area contributed by atoms with Gasteiger partial charge < -0.3 is 19.6 Å². The van der Waals surface area contributed by atoms with Crippen molar-refractivity contribution in [1.82, 2.24) is 25.3 Å². The van der Waals surface area contributed by atoms with Gasteiger partial charge in [-0.2, -0.15) is 4.98 Å². The highest BCUT2D eigenvalue weighted by atomic mass is 16.5. The topological polar surface area (TPSA) is 87.4 Å². The summed E-state index contributed by atoms with van der Waals surface area (Å²) in [6.45, 7) is 3.55. The fraction of sp³-hybridized carbons (Fsp3) is 0.579. The van der Waals surface area contributed by atoms with Crippen LogP contribution in [0.15, 0.2) is 29.0 Å². The number of carbonyl (C=O) groups excluding carboxylic acids is 1. The number of rotatable bonds is 5. The van der Waals surface area contributed by atoms with Gasteiger partial charge in [-0.3, -0.25) is 4.98 Å². The number of aromatic nitrogens is 3. The summed E-state index contributed by atoms with van der Waals surface area (Å²) in [5.41, 5.74) is 1.10. The van der Waals surface area contributed by atoms with Crippen molar-refractivity contribution in [2.24, 2.45) is 0 Å². The molecule has 1 aliphatic carbocycles. The van der Waals surface area contributed by atoms with Crippen molar-refractivity contribution in [3.05, 3.63) is 36.2 Å². The first kappa shape index (κ1) is 17.8. The van der Waals surface area contributed by atoms with Crippen LogP contribution in [0, 0.1) is 0 Å². The standard InChI is InChI=1S/C19H26N6O2/c26-19(25-12-10-24(11-13-25)16-6-3-8-20-14-16)21-9-7-17-22-18(27-23-17)15-4-1-2-5-15/h3,6,8,14-15H,1-2,4-5,7,9-13H2,(H,21,26). The van der Waals surface area contributed by atoms with E-state index >= 15 is 0 Å². The highest BCUT2D eigenvalue weighted by molar-refractivity contribution is 5.74. The normalized spacial score (nSPS) is 18.1. The van der Waals surface area contributed by atoms with E-state index in [0.29, 0.717) is 37.8 Å². The highest BCUT2D eigenvalue weighted by Gasteiger charge is 2.23. The molecule has 0 unspecified atom stereocenters. The lowest BCUT2D eigenvalue weighted by atomic mass is 10.1. The van der Waals surface area contributed by atoms with Gasteiger partial charge in [-0.05, 0) is 25.0 Å². The molecule has 0 aromatic carbocycles.